The summed E-state index contributed by atoms with van der Waals surface area (Å²) >= 11 is 1.34. The van der Waals surface area contributed by atoms with E-state index in [4.69, 9.17) is 4.52 Å². The lowest BCUT2D eigenvalue weighted by molar-refractivity contribution is -0.119. The van der Waals surface area contributed by atoms with Crippen LogP contribution in [0.25, 0.3) is 11.3 Å². The molecule has 1 N–H and O–H groups in total. The number of likely N-dealkylation sites (tertiary alicyclic amines) is 1. The minimum Gasteiger partial charge on any atom is -0.350 e. The minimum absolute atomic E-state index is 0.138. The zero-order valence-electron chi connectivity index (χ0n) is 14.7. The molecule has 8 heteroatoms. The molecule has 27 heavy (non-hydrogen) atoms. The van der Waals surface area contributed by atoms with Gasteiger partial charge in [-0.1, -0.05) is 35.0 Å². The Morgan fingerprint density at radius 2 is 2.11 bits per heavy atom. The van der Waals surface area contributed by atoms with Gasteiger partial charge in [-0.25, -0.2) is 4.98 Å². The Balaban J connectivity index is 1.50. The van der Waals surface area contributed by atoms with Crippen LogP contribution in [-0.2, 0) is 4.79 Å². The Bertz CT molecular complexity index is 950. The molecule has 1 unspecified atom stereocenters. The van der Waals surface area contributed by atoms with Crippen molar-refractivity contribution in [3.05, 3.63) is 53.2 Å². The summed E-state index contributed by atoms with van der Waals surface area (Å²) in [5, 5.41) is 9.09. The van der Waals surface area contributed by atoms with E-state index in [2.05, 4.69) is 15.5 Å². The van der Waals surface area contributed by atoms with Crippen LogP contribution in [-0.4, -0.2) is 39.4 Å². The molecule has 1 aliphatic heterocycles. The molecule has 0 radical (unpaired) electrons. The van der Waals surface area contributed by atoms with Gasteiger partial charge in [-0.15, -0.1) is 11.3 Å². The van der Waals surface area contributed by atoms with E-state index in [0.717, 1.165) is 17.5 Å². The van der Waals surface area contributed by atoms with Gasteiger partial charge >= 0.3 is 0 Å². The largest absolute Gasteiger partial charge is 0.350 e. The van der Waals surface area contributed by atoms with Gasteiger partial charge in [0, 0.05) is 29.8 Å². The molecule has 1 atom stereocenters. The average Bonchev–Trinajstić information content (AvgIpc) is 3.42. The number of carbonyl (C=O) groups is 2. The third-order valence-corrected chi connectivity index (χ3v) is 5.24. The normalized spacial score (nSPS) is 16.5. The molecule has 3 aromatic rings. The first-order valence-electron chi connectivity index (χ1n) is 8.67. The van der Waals surface area contributed by atoms with Crippen molar-refractivity contribution >= 4 is 28.3 Å². The van der Waals surface area contributed by atoms with Gasteiger partial charge in [-0.2, -0.15) is 0 Å². The van der Waals surface area contributed by atoms with Crippen molar-refractivity contribution in [2.24, 2.45) is 0 Å². The number of thiazole rings is 1. The molecule has 7 nitrogen and oxygen atoms in total. The number of carbonyl (C=O) groups excluding carboxylic acids is 2. The van der Waals surface area contributed by atoms with Crippen molar-refractivity contribution < 1.29 is 14.1 Å². The number of rotatable bonds is 4. The number of hydrogen-bond acceptors (Lipinski definition) is 6. The second kappa shape index (κ2) is 7.32. The van der Waals surface area contributed by atoms with Gasteiger partial charge in [0.1, 0.15) is 11.7 Å². The van der Waals surface area contributed by atoms with E-state index in [1.807, 2.05) is 31.2 Å². The topological polar surface area (TPSA) is 88.3 Å². The molecule has 0 saturated carbocycles. The number of amides is 2. The number of aryl methyl sites for hydroxylation is 1. The van der Waals surface area contributed by atoms with Crippen molar-refractivity contribution in [3.8, 4) is 11.3 Å². The van der Waals surface area contributed by atoms with Gasteiger partial charge in [0.15, 0.2) is 5.13 Å². The van der Waals surface area contributed by atoms with Gasteiger partial charge in [-0.05, 0) is 19.8 Å². The number of hydrogen-bond donors (Lipinski definition) is 1. The monoisotopic (exact) mass is 382 g/mol. The summed E-state index contributed by atoms with van der Waals surface area (Å²) in [6.07, 6.45) is 3.00. The maximum Gasteiger partial charge on any atom is 0.293 e. The highest BCUT2D eigenvalue weighted by atomic mass is 32.1. The molecule has 4 rings (SSSR count). The molecule has 0 spiro atoms. The summed E-state index contributed by atoms with van der Waals surface area (Å²) in [4.78, 5) is 31.0. The second-order valence-electron chi connectivity index (χ2n) is 6.43. The molecule has 1 aliphatic rings. The maximum atomic E-state index is 12.9. The first-order chi connectivity index (χ1) is 13.1. The fourth-order valence-electron chi connectivity index (χ4n) is 3.13. The van der Waals surface area contributed by atoms with Crippen LogP contribution in [0.15, 0.2) is 46.4 Å². The van der Waals surface area contributed by atoms with E-state index < -0.39 is 6.04 Å². The van der Waals surface area contributed by atoms with Gasteiger partial charge in [-0.3, -0.25) is 9.59 Å². The predicted octanol–water partition coefficient (Wildman–Crippen LogP) is 3.35. The standard InChI is InChI=1S/C19H18N4O3S/c1-12-4-6-13(7-5-12)14-11-16(26-22-14)18(25)23-9-2-3-15(23)17(24)21-19-20-8-10-27-19/h4-8,10-11,15H,2-3,9H2,1H3,(H,20,21,24). The lowest BCUT2D eigenvalue weighted by atomic mass is 10.1. The predicted molar refractivity (Wildman–Crippen MR) is 101 cm³/mol. The third-order valence-electron chi connectivity index (χ3n) is 4.55. The number of benzene rings is 1. The summed E-state index contributed by atoms with van der Waals surface area (Å²) in [5.41, 5.74) is 2.62. The molecule has 2 aromatic heterocycles. The number of anilines is 1. The Kier molecular flexibility index (Phi) is 4.72. The van der Waals surface area contributed by atoms with Crippen LogP contribution in [0.1, 0.15) is 29.0 Å². The van der Waals surface area contributed by atoms with Crippen molar-refractivity contribution in [2.45, 2.75) is 25.8 Å². The molecule has 0 bridgehead atoms. The SMILES string of the molecule is Cc1ccc(-c2cc(C(=O)N3CCCC3C(=O)Nc3nccs3)on2)cc1. The zero-order chi connectivity index (χ0) is 18.8. The second-order valence-corrected chi connectivity index (χ2v) is 7.32. The van der Waals surface area contributed by atoms with E-state index in [1.165, 1.54) is 11.3 Å². The quantitative estimate of drug-likeness (QED) is 0.748. The number of aromatic nitrogens is 2. The molecular formula is C19H18N4O3S. The molecule has 1 fully saturated rings. The maximum absolute atomic E-state index is 12.9. The highest BCUT2D eigenvalue weighted by Gasteiger charge is 2.36. The zero-order valence-corrected chi connectivity index (χ0v) is 15.5. The Labute approximate surface area is 160 Å². The van der Waals surface area contributed by atoms with E-state index >= 15 is 0 Å². The van der Waals surface area contributed by atoms with Gasteiger partial charge < -0.3 is 14.7 Å². The number of nitrogens with zero attached hydrogens (tertiary/aromatic N) is 3. The van der Waals surface area contributed by atoms with Crippen molar-refractivity contribution in [1.82, 2.24) is 15.0 Å². The molecule has 3 heterocycles. The Morgan fingerprint density at radius 1 is 1.30 bits per heavy atom. The van der Waals surface area contributed by atoms with Gasteiger partial charge in [0.25, 0.3) is 5.91 Å². The van der Waals surface area contributed by atoms with Crippen molar-refractivity contribution in [3.63, 3.8) is 0 Å². The molecule has 1 saturated heterocycles. The van der Waals surface area contributed by atoms with Crippen LogP contribution in [0.4, 0.5) is 5.13 Å². The lowest BCUT2D eigenvalue weighted by Gasteiger charge is -2.22. The third kappa shape index (κ3) is 3.61. The first kappa shape index (κ1) is 17.4. The molecule has 0 aliphatic carbocycles. The van der Waals surface area contributed by atoms with Crippen LogP contribution < -0.4 is 5.32 Å². The molecule has 1 aromatic carbocycles. The van der Waals surface area contributed by atoms with Crippen LogP contribution in [0.3, 0.4) is 0 Å². The van der Waals surface area contributed by atoms with Gasteiger partial charge in [0.05, 0.1) is 0 Å². The molecular weight excluding hydrogens is 364 g/mol. The fraction of sp³-hybridized carbons (Fsp3) is 0.263. The highest BCUT2D eigenvalue weighted by Crippen LogP contribution is 2.25. The van der Waals surface area contributed by atoms with Gasteiger partial charge in [0.2, 0.25) is 11.7 Å². The van der Waals surface area contributed by atoms with Crippen LogP contribution in [0.2, 0.25) is 0 Å². The van der Waals surface area contributed by atoms with E-state index in [0.29, 0.717) is 23.8 Å². The van der Waals surface area contributed by atoms with E-state index in [-0.39, 0.29) is 17.6 Å². The minimum atomic E-state index is -0.533. The summed E-state index contributed by atoms with van der Waals surface area (Å²) < 4.78 is 5.27. The summed E-state index contributed by atoms with van der Waals surface area (Å²) in [6.45, 7) is 2.52. The highest BCUT2D eigenvalue weighted by molar-refractivity contribution is 7.13. The summed E-state index contributed by atoms with van der Waals surface area (Å²) in [5.74, 6) is -0.411. The Hall–Kier alpha value is -3.00. The van der Waals surface area contributed by atoms with E-state index in [1.54, 1.807) is 22.5 Å². The van der Waals surface area contributed by atoms with Crippen LogP contribution >= 0.6 is 11.3 Å². The van der Waals surface area contributed by atoms with Crippen LogP contribution in [0, 0.1) is 6.92 Å². The fourth-order valence-corrected chi connectivity index (χ4v) is 3.67. The molecule has 138 valence electrons. The first-order valence-corrected chi connectivity index (χ1v) is 9.55. The summed E-state index contributed by atoms with van der Waals surface area (Å²) in [7, 11) is 0. The Morgan fingerprint density at radius 3 is 2.85 bits per heavy atom. The number of nitrogens with one attached hydrogen (secondary N) is 1. The smallest absolute Gasteiger partial charge is 0.293 e. The lowest BCUT2D eigenvalue weighted by Crippen LogP contribution is -2.43. The molecule has 2 amide bonds. The van der Waals surface area contributed by atoms with E-state index in [9.17, 15) is 9.59 Å². The van der Waals surface area contributed by atoms with Crippen molar-refractivity contribution in [1.29, 1.82) is 0 Å². The van der Waals surface area contributed by atoms with Crippen LogP contribution in [0.5, 0.6) is 0 Å². The summed E-state index contributed by atoms with van der Waals surface area (Å²) in [6, 6.07) is 8.91. The average molecular weight is 382 g/mol. The van der Waals surface area contributed by atoms with Crippen molar-refractivity contribution in [2.75, 3.05) is 11.9 Å².